The molecule has 4 nitrogen and oxygen atoms in total. The average molecular weight is 378 g/mol. The number of aryl methyl sites for hydroxylation is 2. The van der Waals surface area contributed by atoms with Crippen LogP contribution in [-0.4, -0.2) is 20.5 Å². The molecule has 4 heteroatoms. The van der Waals surface area contributed by atoms with Crippen LogP contribution in [0.2, 0.25) is 0 Å². The normalized spacial score (nSPS) is 15.7. The van der Waals surface area contributed by atoms with E-state index in [0.29, 0.717) is 0 Å². The van der Waals surface area contributed by atoms with Crippen LogP contribution in [0, 0.1) is 13.8 Å². The lowest BCUT2D eigenvalue weighted by Gasteiger charge is -2.25. The van der Waals surface area contributed by atoms with Gasteiger partial charge in [-0.2, -0.15) is 5.10 Å². The van der Waals surface area contributed by atoms with Gasteiger partial charge in [0, 0.05) is 24.4 Å². The number of hydrogen-bond donors (Lipinski definition) is 0. The number of hydrogen-bond acceptors (Lipinski definition) is 3. The van der Waals surface area contributed by atoms with Gasteiger partial charge in [0.05, 0.1) is 17.4 Å². The van der Waals surface area contributed by atoms with E-state index in [0.717, 1.165) is 34.8 Å². The molecule has 0 fully saturated rings. The van der Waals surface area contributed by atoms with E-state index in [1.54, 1.807) is 0 Å². The number of benzene rings is 2. The second-order valence-electron chi connectivity index (χ2n) is 7.52. The Bertz CT molecular complexity index is 1170. The van der Waals surface area contributed by atoms with Gasteiger partial charge in [-0.15, -0.1) is 0 Å². The smallest absolute Gasteiger partial charge is 0.159 e. The highest BCUT2D eigenvalue weighted by molar-refractivity contribution is 6.04. The number of aliphatic imine (C=N–C) groups is 1. The Balaban J connectivity index is 1.72. The summed E-state index contributed by atoms with van der Waals surface area (Å²) < 4.78 is 2.09. The standard InChI is InChI=1S/C25H22N4/c1-17-8-10-19(11-9-17)22-16-23(20-12-14-26-15-13-20)29-25(27-22)24(18(2)28-29)21-6-4-3-5-7-21/h3-15,23H,16H2,1-2H3/t23-/m0/s1. The molecule has 1 atom stereocenters. The minimum atomic E-state index is 0.0953. The molecule has 4 aromatic rings. The van der Waals surface area contributed by atoms with E-state index >= 15 is 0 Å². The molecule has 0 saturated heterocycles. The largest absolute Gasteiger partial charge is 0.265 e. The number of aromatic nitrogens is 3. The molecule has 0 bridgehead atoms. The van der Waals surface area contributed by atoms with Gasteiger partial charge in [0.1, 0.15) is 0 Å². The molecule has 2 aromatic carbocycles. The highest BCUT2D eigenvalue weighted by Gasteiger charge is 2.29. The maximum absolute atomic E-state index is 5.12. The van der Waals surface area contributed by atoms with Crippen molar-refractivity contribution in [2.24, 2.45) is 4.99 Å². The fourth-order valence-electron chi connectivity index (χ4n) is 4.02. The second-order valence-corrected chi connectivity index (χ2v) is 7.52. The Morgan fingerprint density at radius 1 is 0.828 bits per heavy atom. The number of fused-ring (bicyclic) bond motifs is 1. The molecule has 1 aliphatic rings. The summed E-state index contributed by atoms with van der Waals surface area (Å²) in [5.74, 6) is 0.928. The predicted octanol–water partition coefficient (Wildman–Crippen LogP) is 5.68. The quantitative estimate of drug-likeness (QED) is 0.460. The van der Waals surface area contributed by atoms with Crippen LogP contribution in [-0.2, 0) is 0 Å². The summed E-state index contributed by atoms with van der Waals surface area (Å²) in [4.78, 5) is 9.31. The first-order chi connectivity index (χ1) is 14.2. The third-order valence-corrected chi connectivity index (χ3v) is 5.52. The molecular formula is C25H22N4. The highest BCUT2D eigenvalue weighted by atomic mass is 15.4. The van der Waals surface area contributed by atoms with E-state index in [-0.39, 0.29) is 6.04 Å². The van der Waals surface area contributed by atoms with E-state index in [2.05, 4.69) is 84.2 Å². The van der Waals surface area contributed by atoms with Gasteiger partial charge in [0.15, 0.2) is 5.82 Å². The van der Waals surface area contributed by atoms with Crippen LogP contribution in [0.15, 0.2) is 84.1 Å². The molecule has 0 spiro atoms. The Morgan fingerprint density at radius 2 is 1.55 bits per heavy atom. The van der Waals surface area contributed by atoms with Crippen LogP contribution in [0.25, 0.3) is 11.1 Å². The molecule has 142 valence electrons. The summed E-state index contributed by atoms with van der Waals surface area (Å²) in [5, 5.41) is 4.92. The Hall–Kier alpha value is -3.53. The summed E-state index contributed by atoms with van der Waals surface area (Å²) in [6.07, 6.45) is 4.50. The van der Waals surface area contributed by atoms with Gasteiger partial charge in [0.25, 0.3) is 0 Å². The summed E-state index contributed by atoms with van der Waals surface area (Å²) in [6, 6.07) is 23.3. The van der Waals surface area contributed by atoms with Crippen LogP contribution in [0.1, 0.15) is 34.8 Å². The van der Waals surface area contributed by atoms with Crippen molar-refractivity contribution in [3.05, 3.63) is 102 Å². The van der Waals surface area contributed by atoms with Crippen LogP contribution >= 0.6 is 0 Å². The van der Waals surface area contributed by atoms with Gasteiger partial charge in [0.2, 0.25) is 0 Å². The number of nitrogens with zero attached hydrogens (tertiary/aromatic N) is 4. The maximum Gasteiger partial charge on any atom is 0.159 e. The first-order valence-electron chi connectivity index (χ1n) is 9.90. The Kier molecular flexibility index (Phi) is 4.32. The molecule has 5 rings (SSSR count). The second kappa shape index (κ2) is 7.13. The Labute approximate surface area is 170 Å². The third-order valence-electron chi connectivity index (χ3n) is 5.52. The number of rotatable bonds is 3. The van der Waals surface area contributed by atoms with Crippen molar-refractivity contribution in [1.29, 1.82) is 0 Å². The monoisotopic (exact) mass is 378 g/mol. The van der Waals surface area contributed by atoms with Crippen molar-refractivity contribution >= 4 is 11.5 Å². The molecule has 29 heavy (non-hydrogen) atoms. The van der Waals surface area contributed by atoms with Crippen LogP contribution < -0.4 is 0 Å². The van der Waals surface area contributed by atoms with Crippen LogP contribution in [0.3, 0.4) is 0 Å². The first kappa shape index (κ1) is 17.6. The molecular weight excluding hydrogens is 356 g/mol. The zero-order chi connectivity index (χ0) is 19.8. The zero-order valence-electron chi connectivity index (χ0n) is 16.6. The molecule has 0 aliphatic carbocycles. The lowest BCUT2D eigenvalue weighted by Crippen LogP contribution is -2.21. The van der Waals surface area contributed by atoms with Crippen molar-refractivity contribution in [2.45, 2.75) is 26.3 Å². The SMILES string of the molecule is Cc1ccc(C2=Nc3c(-c4ccccc4)c(C)nn3[C@H](c3ccncc3)C2)cc1. The van der Waals surface area contributed by atoms with Crippen molar-refractivity contribution in [3.8, 4) is 11.1 Å². The minimum Gasteiger partial charge on any atom is -0.265 e. The molecule has 0 N–H and O–H groups in total. The van der Waals surface area contributed by atoms with E-state index in [4.69, 9.17) is 10.1 Å². The predicted molar refractivity (Wildman–Crippen MR) is 117 cm³/mol. The van der Waals surface area contributed by atoms with E-state index in [1.165, 1.54) is 16.7 Å². The lowest BCUT2D eigenvalue weighted by molar-refractivity contribution is 0.529. The van der Waals surface area contributed by atoms with Gasteiger partial charge in [-0.05, 0) is 42.7 Å². The molecule has 1 aliphatic heterocycles. The zero-order valence-corrected chi connectivity index (χ0v) is 16.6. The van der Waals surface area contributed by atoms with Gasteiger partial charge in [-0.3, -0.25) is 4.98 Å². The molecule has 0 unspecified atom stereocenters. The third kappa shape index (κ3) is 3.17. The van der Waals surface area contributed by atoms with E-state index in [9.17, 15) is 0 Å². The van der Waals surface area contributed by atoms with Gasteiger partial charge >= 0.3 is 0 Å². The van der Waals surface area contributed by atoms with Gasteiger partial charge in [-0.1, -0.05) is 60.2 Å². The molecule has 0 saturated carbocycles. The van der Waals surface area contributed by atoms with Crippen molar-refractivity contribution in [2.75, 3.05) is 0 Å². The van der Waals surface area contributed by atoms with Crippen LogP contribution in [0.5, 0.6) is 0 Å². The van der Waals surface area contributed by atoms with Crippen molar-refractivity contribution in [1.82, 2.24) is 14.8 Å². The van der Waals surface area contributed by atoms with Crippen LogP contribution in [0.4, 0.5) is 5.82 Å². The molecule has 2 aromatic heterocycles. The lowest BCUT2D eigenvalue weighted by atomic mass is 9.95. The molecule has 0 radical (unpaired) electrons. The van der Waals surface area contributed by atoms with E-state index in [1.807, 2.05) is 18.5 Å². The average Bonchev–Trinajstić information content (AvgIpc) is 3.10. The molecule has 3 heterocycles. The number of pyridine rings is 1. The first-order valence-corrected chi connectivity index (χ1v) is 9.90. The van der Waals surface area contributed by atoms with Crippen molar-refractivity contribution < 1.29 is 0 Å². The van der Waals surface area contributed by atoms with Crippen molar-refractivity contribution in [3.63, 3.8) is 0 Å². The fourth-order valence-corrected chi connectivity index (χ4v) is 4.02. The maximum atomic E-state index is 5.12. The fraction of sp³-hybridized carbons (Fsp3) is 0.160. The summed E-state index contributed by atoms with van der Waals surface area (Å²) >= 11 is 0. The Morgan fingerprint density at radius 3 is 2.28 bits per heavy atom. The summed E-state index contributed by atoms with van der Waals surface area (Å²) in [6.45, 7) is 4.18. The minimum absolute atomic E-state index is 0.0953. The topological polar surface area (TPSA) is 43.1 Å². The summed E-state index contributed by atoms with van der Waals surface area (Å²) in [7, 11) is 0. The molecule has 0 amide bonds. The van der Waals surface area contributed by atoms with E-state index < -0.39 is 0 Å². The highest BCUT2D eigenvalue weighted by Crippen LogP contribution is 2.41. The summed E-state index contributed by atoms with van der Waals surface area (Å²) in [5.41, 5.74) is 7.96. The van der Waals surface area contributed by atoms with Gasteiger partial charge in [-0.25, -0.2) is 9.67 Å². The van der Waals surface area contributed by atoms with Gasteiger partial charge < -0.3 is 0 Å².